The number of benzene rings is 9. The van der Waals surface area contributed by atoms with Crippen molar-refractivity contribution < 1.29 is 24.5 Å². The van der Waals surface area contributed by atoms with E-state index in [9.17, 15) is 0 Å². The molecule has 5 nitrogen and oxygen atoms in total. The van der Waals surface area contributed by atoms with Crippen LogP contribution in [-0.2, 0) is 45.8 Å². The average Bonchev–Trinajstić information content (AvgIpc) is 4.28. The van der Waals surface area contributed by atoms with Crippen LogP contribution >= 0.6 is 0 Å². The molecule has 0 aliphatic heterocycles. The van der Waals surface area contributed by atoms with Gasteiger partial charge in [0.1, 0.15) is 5.58 Å². The number of hydrogen-bond donors (Lipinski definition) is 0. The third-order valence-electron chi connectivity index (χ3n) is 15.1. The predicted octanol–water partition coefficient (Wildman–Crippen LogP) is 18.4. The quantitative estimate of drug-likeness (QED) is 0.0853. The van der Waals surface area contributed by atoms with Crippen LogP contribution in [0, 0.1) is 18.2 Å². The van der Waals surface area contributed by atoms with Crippen LogP contribution in [0.15, 0.2) is 229 Å². The van der Waals surface area contributed by atoms with Crippen molar-refractivity contribution in [3.05, 3.63) is 277 Å². The topological polar surface area (TPSA) is 56.7 Å². The molecule has 0 saturated carbocycles. The molecule has 9 aromatic carbocycles. The summed E-state index contributed by atoms with van der Waals surface area (Å²) in [5.74, 6) is 1.61. The molecule has 0 unspecified atom stereocenters. The fraction of sp³-hybridized carbons (Fsp3) is 0.137. The van der Waals surface area contributed by atoms with E-state index in [1.807, 2.05) is 67.1 Å². The van der Waals surface area contributed by atoms with E-state index in [4.69, 9.17) is 14.4 Å². The molecule has 0 aliphatic rings. The van der Waals surface area contributed by atoms with Gasteiger partial charge in [-0.15, -0.1) is 89.5 Å². The molecule has 13 aromatic rings. The second kappa shape index (κ2) is 23.6. The number of pyridine rings is 2. The van der Waals surface area contributed by atoms with Crippen LogP contribution in [0.25, 0.3) is 94.2 Å². The fourth-order valence-electron chi connectivity index (χ4n) is 11.0. The van der Waals surface area contributed by atoms with Crippen molar-refractivity contribution in [2.45, 2.75) is 65.2 Å². The summed E-state index contributed by atoms with van der Waals surface area (Å²) in [6.07, 6.45) is 11.6. The van der Waals surface area contributed by atoms with E-state index >= 15 is 0 Å². The zero-order valence-corrected chi connectivity index (χ0v) is 47.3. The number of aromatic nitrogens is 4. The van der Waals surface area contributed by atoms with Gasteiger partial charge in [0.15, 0.2) is 0 Å². The molecule has 0 saturated heterocycles. The van der Waals surface area contributed by atoms with Gasteiger partial charge < -0.3 is 19.0 Å². The van der Waals surface area contributed by atoms with Crippen molar-refractivity contribution in [1.82, 2.24) is 19.5 Å². The van der Waals surface area contributed by atoms with E-state index in [2.05, 4.69) is 213 Å². The van der Waals surface area contributed by atoms with Gasteiger partial charge >= 0.3 is 20.1 Å². The third kappa shape index (κ3) is 11.0. The molecule has 4 heterocycles. The van der Waals surface area contributed by atoms with Crippen molar-refractivity contribution in [2.75, 3.05) is 0 Å². The van der Waals surface area contributed by atoms with E-state index in [0.717, 1.165) is 81.5 Å². The van der Waals surface area contributed by atoms with Crippen LogP contribution in [0.1, 0.15) is 72.9 Å². The van der Waals surface area contributed by atoms with Crippen molar-refractivity contribution in [1.29, 1.82) is 0 Å². The van der Waals surface area contributed by atoms with Gasteiger partial charge in [0, 0.05) is 35.9 Å². The summed E-state index contributed by atoms with van der Waals surface area (Å²) in [5.41, 5.74) is 18.3. The van der Waals surface area contributed by atoms with E-state index < -0.39 is 0 Å². The number of aryl methyl sites for hydroxylation is 4. The average molecular weight is 1200 g/mol. The van der Waals surface area contributed by atoms with Crippen LogP contribution < -0.4 is 0 Å². The Labute approximate surface area is 477 Å². The van der Waals surface area contributed by atoms with Crippen molar-refractivity contribution in [2.24, 2.45) is 0 Å². The van der Waals surface area contributed by atoms with Crippen LogP contribution in [0.3, 0.4) is 0 Å². The number of hydrogen-bond acceptors (Lipinski definition) is 4. The Balaban J connectivity index is 0.000000165. The summed E-state index contributed by atoms with van der Waals surface area (Å²) in [4.78, 5) is 14.0. The molecule has 13 rings (SSSR count). The van der Waals surface area contributed by atoms with Gasteiger partial charge in [-0.1, -0.05) is 172 Å². The Bertz CT molecular complexity index is 4040. The normalized spacial score (nSPS) is 11.4. The molecule has 79 heavy (non-hydrogen) atoms. The maximum absolute atomic E-state index is 6.63. The van der Waals surface area contributed by atoms with Gasteiger partial charge in [0.05, 0.1) is 11.4 Å². The molecular weight excluding hydrogens is 1140 g/mol. The summed E-state index contributed by atoms with van der Waals surface area (Å²) in [6.45, 7) is 9.00. The van der Waals surface area contributed by atoms with Crippen molar-refractivity contribution in [3.63, 3.8) is 0 Å². The van der Waals surface area contributed by atoms with Gasteiger partial charge in [-0.3, -0.25) is 4.98 Å². The summed E-state index contributed by atoms with van der Waals surface area (Å²) >= 11 is 0. The first-order valence-electron chi connectivity index (χ1n) is 27.2. The molecule has 6 heteroatoms. The summed E-state index contributed by atoms with van der Waals surface area (Å²) in [7, 11) is 0. The number of fused-ring (bicyclic) bond motifs is 6. The maximum Gasteiger partial charge on any atom is 3.00 e. The molecule has 4 aromatic heterocycles. The zero-order chi connectivity index (χ0) is 53.0. The Morgan fingerprint density at radius 3 is 1.86 bits per heavy atom. The SMILES string of the molecule is CC(C)c1cccc(C(C)C)c1-n1ccnc1-c1[c-]ccc2c1oc1cc3c(ccc4ccccc43)cc12.[Ir+3].[c-]1cc(CCc2ccccc2-c2ccccc2CCc2ccc(-c3[c-]cccc3)nc2)ccc1-c1ccccn1. The zero-order valence-electron chi connectivity index (χ0n) is 44.9. The molecule has 0 N–H and O–H groups in total. The predicted molar refractivity (Wildman–Crippen MR) is 322 cm³/mol. The molecule has 0 spiro atoms. The molecule has 0 radical (unpaired) electrons. The Hall–Kier alpha value is -8.54. The van der Waals surface area contributed by atoms with Gasteiger partial charge in [-0.2, -0.15) is 0 Å². The molecule has 0 aliphatic carbocycles. The van der Waals surface area contributed by atoms with E-state index in [1.165, 1.54) is 71.7 Å². The molecule has 0 bridgehead atoms. The minimum Gasteiger partial charge on any atom is -0.501 e. The van der Waals surface area contributed by atoms with Gasteiger partial charge in [0.25, 0.3) is 0 Å². The number of para-hydroxylation sites is 1. The first kappa shape index (κ1) is 52.5. The second-order valence-corrected chi connectivity index (χ2v) is 20.7. The Kier molecular flexibility index (Phi) is 15.7. The van der Waals surface area contributed by atoms with Crippen molar-refractivity contribution in [3.8, 4) is 50.7 Å². The summed E-state index contributed by atoms with van der Waals surface area (Å²) in [5, 5.41) is 7.08. The summed E-state index contributed by atoms with van der Waals surface area (Å²) < 4.78 is 8.86. The minimum absolute atomic E-state index is 0. The van der Waals surface area contributed by atoms with E-state index in [-0.39, 0.29) is 20.1 Å². The number of imidazole rings is 1. The molecule has 386 valence electrons. The monoisotopic (exact) mass is 1200 g/mol. The molecule has 0 atom stereocenters. The Morgan fingerprint density at radius 1 is 0.481 bits per heavy atom. The molecular formula is C73H59IrN4O. The van der Waals surface area contributed by atoms with Crippen LogP contribution in [-0.4, -0.2) is 19.5 Å². The minimum atomic E-state index is 0. The summed E-state index contributed by atoms with van der Waals surface area (Å²) in [6, 6.07) is 80.5. The van der Waals surface area contributed by atoms with Gasteiger partial charge in [0.2, 0.25) is 0 Å². The second-order valence-electron chi connectivity index (χ2n) is 20.7. The largest absolute Gasteiger partial charge is 3.00 e. The maximum atomic E-state index is 6.63. The van der Waals surface area contributed by atoms with Gasteiger partial charge in [-0.05, 0) is 121 Å². The fourth-order valence-corrected chi connectivity index (χ4v) is 11.0. The van der Waals surface area contributed by atoms with Crippen LogP contribution in [0.4, 0.5) is 0 Å². The standard InChI is InChI=1S/C38H30N2.C35H29N2O.Ir/c1-2-12-33(13-3-1)38-26-21-30(28-40-38)20-23-32-11-5-7-15-36(32)35-14-6-4-10-31(35)22-17-29-18-24-34(25-19-29)37-16-8-9-27-39-37;1-21(2)25-11-7-12-26(22(3)4)33(25)37-18-17-36-35(37)29-14-8-13-28-31-19-24-16-15-23-9-5-6-10-27(23)30(24)20-32(31)38-34(28)29;/h1-12,14-16,18-19,21,24,26-28H,17,20,22-23H2;5-13,15-22H,1-4H3;/q-2;-1;+3. The number of furan rings is 1. The first-order valence-corrected chi connectivity index (χ1v) is 27.2. The first-order chi connectivity index (χ1) is 38.3. The number of rotatable bonds is 13. The molecule has 0 fully saturated rings. The van der Waals surface area contributed by atoms with Crippen molar-refractivity contribution >= 4 is 43.5 Å². The smallest absolute Gasteiger partial charge is 0.501 e. The molecule has 0 amide bonds. The van der Waals surface area contributed by atoms with Gasteiger partial charge in [-0.25, -0.2) is 0 Å². The third-order valence-corrected chi connectivity index (χ3v) is 15.1. The Morgan fingerprint density at radius 2 is 1.16 bits per heavy atom. The number of nitrogens with zero attached hydrogens (tertiary/aromatic N) is 4. The van der Waals surface area contributed by atoms with Crippen LogP contribution in [0.2, 0.25) is 0 Å². The van der Waals surface area contributed by atoms with E-state index in [0.29, 0.717) is 11.8 Å². The van der Waals surface area contributed by atoms with E-state index in [1.54, 1.807) is 0 Å². The van der Waals surface area contributed by atoms with Crippen LogP contribution in [0.5, 0.6) is 0 Å².